The van der Waals surface area contributed by atoms with Crippen LogP contribution in [0, 0.1) is 37.8 Å². The van der Waals surface area contributed by atoms with Crippen molar-refractivity contribution in [2.24, 2.45) is 0 Å². The van der Waals surface area contributed by atoms with Crippen LogP contribution in [0.1, 0.15) is 40.8 Å². The first-order valence-electron chi connectivity index (χ1n) is 9.41. The summed E-state index contributed by atoms with van der Waals surface area (Å²) in [6.07, 6.45) is 0.968. The van der Waals surface area contributed by atoms with Gasteiger partial charge in [0, 0.05) is 6.07 Å². The minimum atomic E-state index is -3.85. The summed E-state index contributed by atoms with van der Waals surface area (Å²) in [6.45, 7) is 8.78. The number of hydrogen-bond donors (Lipinski definition) is 1. The lowest BCUT2D eigenvalue weighted by atomic mass is 9.96. The van der Waals surface area contributed by atoms with Crippen molar-refractivity contribution in [2.75, 3.05) is 17.1 Å². The number of benzene rings is 2. The fraction of sp³-hybridized carbons (Fsp3) is 0.381. The molecule has 8 nitrogen and oxygen atoms in total. The predicted molar refractivity (Wildman–Crippen MR) is 117 cm³/mol. The number of nitro benzene ring substituents is 1. The number of carbonyl (C=O) groups excluding carboxylic acids is 1. The Bertz CT molecular complexity index is 1100. The molecule has 0 spiro atoms. The average molecular weight is 434 g/mol. The van der Waals surface area contributed by atoms with Crippen LogP contribution >= 0.6 is 0 Å². The number of nitrogens with one attached hydrogen (secondary N) is 1. The molecule has 2 aromatic carbocycles. The van der Waals surface area contributed by atoms with Crippen LogP contribution in [0.2, 0.25) is 0 Å². The number of amides is 1. The highest BCUT2D eigenvalue weighted by Crippen LogP contribution is 2.30. The maximum atomic E-state index is 12.7. The van der Waals surface area contributed by atoms with Crippen molar-refractivity contribution in [3.8, 4) is 0 Å². The van der Waals surface area contributed by atoms with Gasteiger partial charge in [0.05, 0.1) is 28.5 Å². The Morgan fingerprint density at radius 1 is 1.13 bits per heavy atom. The fourth-order valence-electron chi connectivity index (χ4n) is 3.41. The molecule has 0 radical (unpaired) electrons. The molecule has 30 heavy (non-hydrogen) atoms. The van der Waals surface area contributed by atoms with Crippen LogP contribution < -0.4 is 9.62 Å². The normalized spacial score (nSPS) is 12.3. The lowest BCUT2D eigenvalue weighted by Crippen LogP contribution is -2.41. The molecule has 0 bridgehead atoms. The molecular formula is C21H27N3O5S. The Hall–Kier alpha value is -2.94. The van der Waals surface area contributed by atoms with Crippen molar-refractivity contribution in [1.82, 2.24) is 5.32 Å². The van der Waals surface area contributed by atoms with Crippen molar-refractivity contribution < 1.29 is 18.1 Å². The molecule has 1 N–H and O–H groups in total. The van der Waals surface area contributed by atoms with Gasteiger partial charge < -0.3 is 5.32 Å². The largest absolute Gasteiger partial charge is 0.348 e. The molecule has 2 rings (SSSR count). The molecule has 0 aromatic heterocycles. The maximum absolute atomic E-state index is 12.7. The monoisotopic (exact) mass is 433 g/mol. The van der Waals surface area contributed by atoms with E-state index in [1.807, 2.05) is 39.8 Å². The van der Waals surface area contributed by atoms with Gasteiger partial charge in [0.15, 0.2) is 0 Å². The number of rotatable bonds is 7. The summed E-state index contributed by atoms with van der Waals surface area (Å²) in [4.78, 5) is 23.3. The van der Waals surface area contributed by atoms with E-state index in [0.717, 1.165) is 32.8 Å². The lowest BCUT2D eigenvalue weighted by Gasteiger charge is -2.25. The van der Waals surface area contributed by atoms with Crippen LogP contribution in [-0.2, 0) is 14.8 Å². The highest BCUT2D eigenvalue weighted by molar-refractivity contribution is 7.92. The van der Waals surface area contributed by atoms with Crippen molar-refractivity contribution in [3.05, 3.63) is 68.3 Å². The minimum absolute atomic E-state index is 0.108. The number of nitrogens with zero attached hydrogens (tertiary/aromatic N) is 2. The minimum Gasteiger partial charge on any atom is -0.348 e. The summed E-state index contributed by atoms with van der Waals surface area (Å²) in [7, 11) is -3.85. The molecule has 0 fully saturated rings. The Balaban J connectivity index is 2.31. The molecule has 1 atom stereocenters. The van der Waals surface area contributed by atoms with Gasteiger partial charge in [0.1, 0.15) is 6.54 Å². The van der Waals surface area contributed by atoms with Crippen molar-refractivity contribution in [2.45, 2.75) is 40.7 Å². The number of anilines is 1. The molecule has 1 amide bonds. The zero-order chi connectivity index (χ0) is 22.8. The van der Waals surface area contributed by atoms with E-state index in [1.54, 1.807) is 0 Å². The summed E-state index contributed by atoms with van der Waals surface area (Å²) in [5, 5.41) is 14.0. The second-order valence-electron chi connectivity index (χ2n) is 7.53. The van der Waals surface area contributed by atoms with Gasteiger partial charge >= 0.3 is 0 Å². The van der Waals surface area contributed by atoms with Gasteiger partial charge in [-0.3, -0.25) is 19.2 Å². The summed E-state index contributed by atoms with van der Waals surface area (Å²) < 4.78 is 25.6. The van der Waals surface area contributed by atoms with Gasteiger partial charge in [0.2, 0.25) is 15.9 Å². The first kappa shape index (κ1) is 23.3. The third-order valence-corrected chi connectivity index (χ3v) is 6.28. The Morgan fingerprint density at radius 2 is 1.73 bits per heavy atom. The van der Waals surface area contributed by atoms with Crippen LogP contribution in [0.15, 0.2) is 30.3 Å². The summed E-state index contributed by atoms with van der Waals surface area (Å²) in [6, 6.07) is 7.87. The van der Waals surface area contributed by atoms with Crippen LogP contribution in [-0.4, -0.2) is 32.0 Å². The SMILES string of the molecule is Cc1cc(C)c(C(C)NC(=O)CN(c2cccc([N+](=O)[O-])c2C)S(C)(=O)=O)cc1C. The van der Waals surface area contributed by atoms with E-state index in [0.29, 0.717) is 0 Å². The van der Waals surface area contributed by atoms with E-state index in [4.69, 9.17) is 0 Å². The molecule has 0 aliphatic rings. The molecule has 9 heteroatoms. The average Bonchev–Trinajstić information content (AvgIpc) is 2.62. The van der Waals surface area contributed by atoms with E-state index in [9.17, 15) is 23.3 Å². The Labute approximate surface area is 177 Å². The standard InChI is InChI=1S/C21H27N3O5S/c1-13-10-15(3)18(11-14(13)2)17(5)22-21(25)12-23(30(6,28)29)19-8-7-9-20(16(19)4)24(26)27/h7-11,17H,12H2,1-6H3,(H,22,25). The molecule has 1 unspecified atom stereocenters. The van der Waals surface area contributed by atoms with E-state index in [2.05, 4.69) is 5.32 Å². The van der Waals surface area contributed by atoms with Crippen LogP contribution in [0.25, 0.3) is 0 Å². The summed E-state index contributed by atoms with van der Waals surface area (Å²) in [5.41, 5.74) is 4.31. The van der Waals surface area contributed by atoms with Gasteiger partial charge in [-0.25, -0.2) is 8.42 Å². The molecule has 0 aliphatic heterocycles. The number of aryl methyl sites for hydroxylation is 3. The van der Waals surface area contributed by atoms with E-state index in [-0.39, 0.29) is 23.0 Å². The summed E-state index contributed by atoms with van der Waals surface area (Å²) in [5.74, 6) is -0.503. The van der Waals surface area contributed by atoms with Gasteiger partial charge in [-0.1, -0.05) is 18.2 Å². The van der Waals surface area contributed by atoms with Crippen LogP contribution in [0.5, 0.6) is 0 Å². The number of nitro groups is 1. The second-order valence-corrected chi connectivity index (χ2v) is 9.44. The summed E-state index contributed by atoms with van der Waals surface area (Å²) >= 11 is 0. The fourth-order valence-corrected chi connectivity index (χ4v) is 4.31. The van der Waals surface area contributed by atoms with Crippen LogP contribution in [0.4, 0.5) is 11.4 Å². The Kier molecular flexibility index (Phi) is 6.87. The molecule has 162 valence electrons. The molecule has 0 heterocycles. The highest BCUT2D eigenvalue weighted by atomic mass is 32.2. The van der Waals surface area contributed by atoms with Gasteiger partial charge in [-0.05, 0) is 62.9 Å². The second kappa shape index (κ2) is 8.83. The van der Waals surface area contributed by atoms with Gasteiger partial charge in [0.25, 0.3) is 5.69 Å². The zero-order valence-corrected chi connectivity index (χ0v) is 18.8. The number of carbonyl (C=O) groups is 1. The smallest absolute Gasteiger partial charge is 0.274 e. The predicted octanol–water partition coefficient (Wildman–Crippen LogP) is 3.47. The molecule has 0 saturated heterocycles. The molecular weight excluding hydrogens is 406 g/mol. The highest BCUT2D eigenvalue weighted by Gasteiger charge is 2.26. The number of hydrogen-bond acceptors (Lipinski definition) is 5. The first-order valence-corrected chi connectivity index (χ1v) is 11.3. The molecule has 0 saturated carbocycles. The van der Waals surface area contributed by atoms with E-state index in [1.165, 1.54) is 25.1 Å². The molecule has 0 aliphatic carbocycles. The first-order chi connectivity index (χ1) is 13.8. The van der Waals surface area contributed by atoms with E-state index < -0.39 is 27.4 Å². The van der Waals surface area contributed by atoms with E-state index >= 15 is 0 Å². The lowest BCUT2D eigenvalue weighted by molar-refractivity contribution is -0.385. The third kappa shape index (κ3) is 5.15. The van der Waals surface area contributed by atoms with Gasteiger partial charge in [-0.15, -0.1) is 0 Å². The van der Waals surface area contributed by atoms with Crippen molar-refractivity contribution in [1.29, 1.82) is 0 Å². The van der Waals surface area contributed by atoms with Gasteiger partial charge in [-0.2, -0.15) is 0 Å². The number of sulfonamides is 1. The van der Waals surface area contributed by atoms with Crippen LogP contribution in [0.3, 0.4) is 0 Å². The maximum Gasteiger partial charge on any atom is 0.274 e. The topological polar surface area (TPSA) is 110 Å². The molecule has 2 aromatic rings. The van der Waals surface area contributed by atoms with Crippen molar-refractivity contribution in [3.63, 3.8) is 0 Å². The zero-order valence-electron chi connectivity index (χ0n) is 18.0. The van der Waals surface area contributed by atoms with Crippen molar-refractivity contribution >= 4 is 27.3 Å². The Morgan fingerprint density at radius 3 is 2.30 bits per heavy atom. The quantitative estimate of drug-likeness (QED) is 0.531. The third-order valence-electron chi connectivity index (χ3n) is 5.16.